The molecule has 0 fully saturated rings. The lowest BCUT2D eigenvalue weighted by Crippen LogP contribution is -2.05. The molecule has 0 N–H and O–H groups in total. The van der Waals surface area contributed by atoms with E-state index in [0.29, 0.717) is 5.02 Å². The Bertz CT molecular complexity index is 833. The standard InChI is InChI=1S/C16H13ClOS/c1-9(2)14-11(17)7-8-13-15(14)16(18)10-5-3-4-6-12(10)19-13/h3-9H,1-2H3. The van der Waals surface area contributed by atoms with Crippen molar-refractivity contribution in [3.05, 3.63) is 57.2 Å². The second kappa shape index (κ2) is 4.62. The molecule has 0 aliphatic carbocycles. The van der Waals surface area contributed by atoms with Crippen LogP contribution in [0.3, 0.4) is 0 Å². The smallest absolute Gasteiger partial charge is 0.196 e. The number of hydrogen-bond acceptors (Lipinski definition) is 2. The molecule has 1 heterocycles. The molecule has 3 heteroatoms. The van der Waals surface area contributed by atoms with Gasteiger partial charge in [0.15, 0.2) is 5.43 Å². The van der Waals surface area contributed by atoms with E-state index in [1.165, 1.54) is 0 Å². The summed E-state index contributed by atoms with van der Waals surface area (Å²) in [6.45, 7) is 4.14. The number of fused-ring (bicyclic) bond motifs is 2. The fourth-order valence-corrected chi connectivity index (χ4v) is 3.92. The molecule has 0 unspecified atom stereocenters. The monoisotopic (exact) mass is 288 g/mol. The summed E-state index contributed by atoms with van der Waals surface area (Å²) < 4.78 is 2.04. The number of halogens is 1. The lowest BCUT2D eigenvalue weighted by Gasteiger charge is -2.12. The molecule has 3 aromatic rings. The van der Waals surface area contributed by atoms with E-state index in [4.69, 9.17) is 11.6 Å². The minimum Gasteiger partial charge on any atom is -0.288 e. The zero-order valence-electron chi connectivity index (χ0n) is 10.7. The largest absolute Gasteiger partial charge is 0.288 e. The summed E-state index contributed by atoms with van der Waals surface area (Å²) in [4.78, 5) is 12.7. The summed E-state index contributed by atoms with van der Waals surface area (Å²) in [5.74, 6) is 0.234. The quantitative estimate of drug-likeness (QED) is 0.563. The van der Waals surface area contributed by atoms with Gasteiger partial charge < -0.3 is 0 Å². The summed E-state index contributed by atoms with van der Waals surface area (Å²) >= 11 is 7.93. The van der Waals surface area contributed by atoms with Gasteiger partial charge in [-0.25, -0.2) is 0 Å². The molecular weight excluding hydrogens is 276 g/mol. The van der Waals surface area contributed by atoms with E-state index >= 15 is 0 Å². The van der Waals surface area contributed by atoms with Crippen molar-refractivity contribution in [1.82, 2.24) is 0 Å². The van der Waals surface area contributed by atoms with Gasteiger partial charge in [-0.3, -0.25) is 4.79 Å². The van der Waals surface area contributed by atoms with Crippen LogP contribution in [0.15, 0.2) is 41.2 Å². The van der Waals surface area contributed by atoms with Gasteiger partial charge in [0, 0.05) is 25.2 Å². The van der Waals surface area contributed by atoms with E-state index in [2.05, 4.69) is 13.8 Å². The molecule has 0 atom stereocenters. The van der Waals surface area contributed by atoms with Gasteiger partial charge in [0.1, 0.15) is 0 Å². The van der Waals surface area contributed by atoms with Gasteiger partial charge in [-0.05, 0) is 35.7 Å². The fraction of sp³-hybridized carbons (Fsp3) is 0.188. The highest BCUT2D eigenvalue weighted by atomic mass is 35.5. The molecule has 0 aliphatic heterocycles. The zero-order chi connectivity index (χ0) is 13.6. The molecule has 0 aliphatic rings. The lowest BCUT2D eigenvalue weighted by atomic mass is 9.98. The van der Waals surface area contributed by atoms with Gasteiger partial charge in [0.2, 0.25) is 0 Å². The average molecular weight is 289 g/mol. The molecule has 0 radical (unpaired) electrons. The van der Waals surface area contributed by atoms with E-state index in [1.807, 2.05) is 36.4 Å². The molecule has 0 spiro atoms. The van der Waals surface area contributed by atoms with Crippen LogP contribution in [0.2, 0.25) is 5.02 Å². The van der Waals surface area contributed by atoms with Crippen molar-refractivity contribution in [1.29, 1.82) is 0 Å². The SMILES string of the molecule is CC(C)c1c(Cl)ccc2sc3ccccc3c(=O)c12. The van der Waals surface area contributed by atoms with Crippen molar-refractivity contribution in [2.75, 3.05) is 0 Å². The van der Waals surface area contributed by atoms with E-state index in [-0.39, 0.29) is 11.3 Å². The van der Waals surface area contributed by atoms with Crippen LogP contribution >= 0.6 is 22.9 Å². The fourth-order valence-electron chi connectivity index (χ4n) is 2.45. The van der Waals surface area contributed by atoms with E-state index in [0.717, 1.165) is 25.7 Å². The second-order valence-corrected chi connectivity index (χ2v) is 6.41. The maximum absolute atomic E-state index is 12.7. The maximum atomic E-state index is 12.7. The average Bonchev–Trinajstić information content (AvgIpc) is 2.39. The van der Waals surface area contributed by atoms with Crippen LogP contribution in [0.25, 0.3) is 20.2 Å². The second-order valence-electron chi connectivity index (χ2n) is 4.92. The van der Waals surface area contributed by atoms with Crippen molar-refractivity contribution >= 4 is 43.1 Å². The normalized spacial score (nSPS) is 11.6. The number of rotatable bonds is 1. The summed E-state index contributed by atoms with van der Waals surface area (Å²) in [5, 5.41) is 2.25. The minimum absolute atomic E-state index is 0.0931. The van der Waals surface area contributed by atoms with Crippen molar-refractivity contribution in [3.8, 4) is 0 Å². The van der Waals surface area contributed by atoms with Crippen LogP contribution in [0.4, 0.5) is 0 Å². The van der Waals surface area contributed by atoms with Crippen molar-refractivity contribution < 1.29 is 0 Å². The minimum atomic E-state index is 0.0931. The Kier molecular flexibility index (Phi) is 3.08. The van der Waals surface area contributed by atoms with Crippen LogP contribution < -0.4 is 5.43 Å². The van der Waals surface area contributed by atoms with Crippen LogP contribution in [-0.2, 0) is 0 Å². The Morgan fingerprint density at radius 1 is 1.05 bits per heavy atom. The molecule has 3 rings (SSSR count). The summed E-state index contributed by atoms with van der Waals surface area (Å²) in [7, 11) is 0. The van der Waals surface area contributed by atoms with Crippen molar-refractivity contribution in [2.24, 2.45) is 0 Å². The van der Waals surface area contributed by atoms with Gasteiger partial charge >= 0.3 is 0 Å². The summed E-state index contributed by atoms with van der Waals surface area (Å²) in [6, 6.07) is 11.6. The third kappa shape index (κ3) is 1.96. The molecule has 2 aromatic carbocycles. The van der Waals surface area contributed by atoms with Crippen molar-refractivity contribution in [2.45, 2.75) is 19.8 Å². The lowest BCUT2D eigenvalue weighted by molar-refractivity contribution is 0.876. The Morgan fingerprint density at radius 2 is 1.79 bits per heavy atom. The van der Waals surface area contributed by atoms with Crippen LogP contribution in [0.5, 0.6) is 0 Å². The third-order valence-electron chi connectivity index (χ3n) is 3.31. The molecule has 1 nitrogen and oxygen atoms in total. The Labute approximate surface area is 120 Å². The van der Waals surface area contributed by atoms with E-state index in [1.54, 1.807) is 11.3 Å². The number of hydrogen-bond donors (Lipinski definition) is 0. The van der Waals surface area contributed by atoms with E-state index < -0.39 is 0 Å². The Balaban J connectivity index is 2.60. The molecule has 96 valence electrons. The molecule has 0 saturated heterocycles. The molecule has 19 heavy (non-hydrogen) atoms. The van der Waals surface area contributed by atoms with Gasteiger partial charge in [0.25, 0.3) is 0 Å². The molecule has 0 bridgehead atoms. The first-order chi connectivity index (χ1) is 9.09. The zero-order valence-corrected chi connectivity index (χ0v) is 12.3. The maximum Gasteiger partial charge on any atom is 0.196 e. The third-order valence-corrected chi connectivity index (χ3v) is 4.78. The van der Waals surface area contributed by atoms with Gasteiger partial charge in [-0.1, -0.05) is 37.6 Å². The topological polar surface area (TPSA) is 17.1 Å². The van der Waals surface area contributed by atoms with Gasteiger partial charge in [-0.15, -0.1) is 11.3 Å². The Morgan fingerprint density at radius 3 is 2.53 bits per heavy atom. The van der Waals surface area contributed by atoms with E-state index in [9.17, 15) is 4.79 Å². The number of benzene rings is 2. The molecule has 0 saturated carbocycles. The highest BCUT2D eigenvalue weighted by molar-refractivity contribution is 7.24. The summed E-state index contributed by atoms with van der Waals surface area (Å²) in [5.41, 5.74) is 1.06. The first kappa shape index (κ1) is 12.6. The Hall–Kier alpha value is -1.38. The van der Waals surface area contributed by atoms with Crippen LogP contribution in [0.1, 0.15) is 25.3 Å². The first-order valence-corrected chi connectivity index (χ1v) is 7.43. The molecule has 1 aromatic heterocycles. The molecule has 0 amide bonds. The van der Waals surface area contributed by atoms with Gasteiger partial charge in [-0.2, -0.15) is 0 Å². The molecular formula is C16H13ClOS. The van der Waals surface area contributed by atoms with Gasteiger partial charge in [0.05, 0.1) is 0 Å². The predicted molar refractivity (Wildman–Crippen MR) is 84.7 cm³/mol. The van der Waals surface area contributed by atoms with Crippen molar-refractivity contribution in [3.63, 3.8) is 0 Å². The highest BCUT2D eigenvalue weighted by Crippen LogP contribution is 2.34. The highest BCUT2D eigenvalue weighted by Gasteiger charge is 2.15. The summed E-state index contributed by atoms with van der Waals surface area (Å²) in [6.07, 6.45) is 0. The van der Waals surface area contributed by atoms with Crippen LogP contribution in [0, 0.1) is 0 Å². The van der Waals surface area contributed by atoms with Crippen LogP contribution in [-0.4, -0.2) is 0 Å². The first-order valence-electron chi connectivity index (χ1n) is 6.23. The predicted octanol–water partition coefficient (Wildman–Crippen LogP) is 5.19.